The van der Waals surface area contributed by atoms with E-state index >= 15 is 0 Å². The number of hydrogen-bond donors (Lipinski definition) is 2. The average molecular weight is 242 g/mol. The molecule has 0 saturated carbocycles. The van der Waals surface area contributed by atoms with Gasteiger partial charge in [0.25, 0.3) is 0 Å². The van der Waals surface area contributed by atoms with Gasteiger partial charge in [0.05, 0.1) is 11.8 Å². The smallest absolute Gasteiger partial charge is 0.230 e. The Kier molecular flexibility index (Phi) is 3.23. The molecular formula is C13H14N4O. The van der Waals surface area contributed by atoms with E-state index in [-0.39, 0.29) is 5.84 Å². The largest absolute Gasteiger partial charge is 0.437 e. The Morgan fingerprint density at radius 3 is 2.50 bits per heavy atom. The number of nitrogens with one attached hydrogen (secondary N) is 1. The number of pyridine rings is 2. The standard InChI is InChI=1S/C13H14N4O/c1-8-3-5-10(7-16-8)18-13-11(12(14)15)6-4-9(2)17-13/h3-7H,1-2H3,(H3,14,15). The van der Waals surface area contributed by atoms with Gasteiger partial charge in [0.15, 0.2) is 0 Å². The fourth-order valence-corrected chi connectivity index (χ4v) is 1.44. The van der Waals surface area contributed by atoms with Crippen LogP contribution in [0.5, 0.6) is 11.6 Å². The van der Waals surface area contributed by atoms with E-state index < -0.39 is 0 Å². The van der Waals surface area contributed by atoms with Crippen LogP contribution >= 0.6 is 0 Å². The molecule has 18 heavy (non-hydrogen) atoms. The van der Waals surface area contributed by atoms with Crippen LogP contribution in [0.1, 0.15) is 17.0 Å². The number of hydrogen-bond acceptors (Lipinski definition) is 4. The first-order valence-corrected chi connectivity index (χ1v) is 5.49. The molecule has 0 aliphatic rings. The van der Waals surface area contributed by atoms with Gasteiger partial charge in [0.2, 0.25) is 5.88 Å². The van der Waals surface area contributed by atoms with Crippen molar-refractivity contribution in [3.05, 3.63) is 47.4 Å². The quantitative estimate of drug-likeness (QED) is 0.638. The molecule has 0 spiro atoms. The van der Waals surface area contributed by atoms with Crippen LogP contribution in [-0.4, -0.2) is 15.8 Å². The topological polar surface area (TPSA) is 84.9 Å². The molecule has 92 valence electrons. The van der Waals surface area contributed by atoms with Crippen molar-refractivity contribution >= 4 is 5.84 Å². The van der Waals surface area contributed by atoms with E-state index in [0.717, 1.165) is 11.4 Å². The number of ether oxygens (including phenoxy) is 1. The van der Waals surface area contributed by atoms with E-state index in [2.05, 4.69) is 9.97 Å². The molecule has 0 bridgehead atoms. The van der Waals surface area contributed by atoms with Gasteiger partial charge < -0.3 is 10.5 Å². The summed E-state index contributed by atoms with van der Waals surface area (Å²) >= 11 is 0. The highest BCUT2D eigenvalue weighted by Gasteiger charge is 2.10. The van der Waals surface area contributed by atoms with Crippen LogP contribution in [-0.2, 0) is 0 Å². The first kappa shape index (κ1) is 12.0. The minimum absolute atomic E-state index is 0.0717. The average Bonchev–Trinajstić information content (AvgIpc) is 2.32. The molecule has 2 aromatic heterocycles. The van der Waals surface area contributed by atoms with Crippen LogP contribution in [0.15, 0.2) is 30.5 Å². The van der Waals surface area contributed by atoms with Crippen LogP contribution in [0, 0.1) is 19.3 Å². The van der Waals surface area contributed by atoms with E-state index in [1.807, 2.05) is 19.9 Å². The fourth-order valence-electron chi connectivity index (χ4n) is 1.44. The van der Waals surface area contributed by atoms with Gasteiger partial charge in [-0.3, -0.25) is 10.4 Å². The van der Waals surface area contributed by atoms with Crippen molar-refractivity contribution < 1.29 is 4.74 Å². The van der Waals surface area contributed by atoms with Crippen LogP contribution in [0.2, 0.25) is 0 Å². The number of aromatic nitrogens is 2. The Bertz CT molecular complexity index is 578. The Hall–Kier alpha value is -2.43. The third kappa shape index (κ3) is 2.63. The van der Waals surface area contributed by atoms with E-state index in [0.29, 0.717) is 17.2 Å². The van der Waals surface area contributed by atoms with Crippen molar-refractivity contribution in [1.29, 1.82) is 5.41 Å². The summed E-state index contributed by atoms with van der Waals surface area (Å²) in [5.41, 5.74) is 7.67. The third-order valence-corrected chi connectivity index (χ3v) is 2.39. The van der Waals surface area contributed by atoms with Crippen molar-refractivity contribution in [3.8, 4) is 11.6 Å². The molecule has 0 amide bonds. The van der Waals surface area contributed by atoms with E-state index in [1.54, 1.807) is 24.4 Å². The number of nitrogen functional groups attached to an aromatic ring is 1. The normalized spacial score (nSPS) is 10.1. The van der Waals surface area contributed by atoms with Crippen LogP contribution in [0.3, 0.4) is 0 Å². The van der Waals surface area contributed by atoms with E-state index in [9.17, 15) is 0 Å². The highest BCUT2D eigenvalue weighted by molar-refractivity contribution is 5.97. The molecule has 0 atom stereocenters. The molecule has 0 aromatic carbocycles. The predicted molar refractivity (Wildman–Crippen MR) is 69.0 cm³/mol. The molecule has 0 aliphatic heterocycles. The Morgan fingerprint density at radius 2 is 1.89 bits per heavy atom. The highest BCUT2D eigenvalue weighted by Crippen LogP contribution is 2.22. The van der Waals surface area contributed by atoms with Crippen molar-refractivity contribution in [2.24, 2.45) is 5.73 Å². The zero-order valence-electron chi connectivity index (χ0n) is 10.3. The van der Waals surface area contributed by atoms with Gasteiger partial charge >= 0.3 is 0 Å². The lowest BCUT2D eigenvalue weighted by molar-refractivity contribution is 0.458. The summed E-state index contributed by atoms with van der Waals surface area (Å²) < 4.78 is 5.61. The van der Waals surface area contributed by atoms with E-state index in [4.69, 9.17) is 15.9 Å². The molecule has 0 radical (unpaired) electrons. The minimum Gasteiger partial charge on any atom is -0.437 e. The summed E-state index contributed by atoms with van der Waals surface area (Å²) in [5, 5.41) is 7.49. The SMILES string of the molecule is Cc1ccc(Oc2nc(C)ccc2C(=N)N)cn1. The second-order valence-corrected chi connectivity index (χ2v) is 3.96. The molecule has 0 aliphatic carbocycles. The van der Waals surface area contributed by atoms with Gasteiger partial charge in [0, 0.05) is 11.4 Å². The third-order valence-electron chi connectivity index (χ3n) is 2.39. The molecule has 5 heteroatoms. The molecular weight excluding hydrogens is 228 g/mol. The van der Waals surface area contributed by atoms with Gasteiger partial charge in [-0.1, -0.05) is 0 Å². The number of rotatable bonds is 3. The number of amidine groups is 1. The monoisotopic (exact) mass is 242 g/mol. The molecule has 2 heterocycles. The summed E-state index contributed by atoms with van der Waals surface area (Å²) in [5.74, 6) is 0.826. The number of nitrogens with two attached hydrogens (primary N) is 1. The van der Waals surface area contributed by atoms with Crippen LogP contribution in [0.4, 0.5) is 0 Å². The van der Waals surface area contributed by atoms with Gasteiger partial charge in [-0.05, 0) is 38.1 Å². The number of nitrogens with zero attached hydrogens (tertiary/aromatic N) is 2. The van der Waals surface area contributed by atoms with Crippen molar-refractivity contribution in [3.63, 3.8) is 0 Å². The molecule has 5 nitrogen and oxygen atoms in total. The summed E-state index contributed by atoms with van der Waals surface area (Å²) in [6.07, 6.45) is 1.61. The summed E-state index contributed by atoms with van der Waals surface area (Å²) in [6, 6.07) is 7.16. The maximum absolute atomic E-state index is 7.49. The lowest BCUT2D eigenvalue weighted by Crippen LogP contribution is -2.13. The highest BCUT2D eigenvalue weighted by atomic mass is 16.5. The van der Waals surface area contributed by atoms with Gasteiger partial charge in [-0.2, -0.15) is 0 Å². The Balaban J connectivity index is 2.35. The zero-order chi connectivity index (χ0) is 13.1. The Labute approximate surface area is 105 Å². The minimum atomic E-state index is -0.0717. The molecule has 2 rings (SSSR count). The maximum atomic E-state index is 7.49. The summed E-state index contributed by atoms with van der Waals surface area (Å²) in [7, 11) is 0. The van der Waals surface area contributed by atoms with Crippen molar-refractivity contribution in [2.75, 3.05) is 0 Å². The first-order valence-electron chi connectivity index (χ1n) is 5.49. The second kappa shape index (κ2) is 4.83. The fraction of sp³-hybridized carbons (Fsp3) is 0.154. The number of aryl methyl sites for hydroxylation is 2. The lowest BCUT2D eigenvalue weighted by Gasteiger charge is -2.09. The molecule has 0 unspecified atom stereocenters. The van der Waals surface area contributed by atoms with Crippen LogP contribution in [0.25, 0.3) is 0 Å². The predicted octanol–water partition coefficient (Wildman–Crippen LogP) is 2.17. The van der Waals surface area contributed by atoms with Crippen molar-refractivity contribution in [1.82, 2.24) is 9.97 Å². The second-order valence-electron chi connectivity index (χ2n) is 3.96. The van der Waals surface area contributed by atoms with Gasteiger partial charge in [-0.25, -0.2) is 4.98 Å². The van der Waals surface area contributed by atoms with Crippen LogP contribution < -0.4 is 10.5 Å². The van der Waals surface area contributed by atoms with Gasteiger partial charge in [-0.15, -0.1) is 0 Å². The first-order chi connectivity index (χ1) is 8.56. The summed E-state index contributed by atoms with van der Waals surface area (Å²) in [4.78, 5) is 8.38. The zero-order valence-corrected chi connectivity index (χ0v) is 10.3. The lowest BCUT2D eigenvalue weighted by atomic mass is 10.2. The molecule has 2 aromatic rings. The molecule has 0 saturated heterocycles. The summed E-state index contributed by atoms with van der Waals surface area (Å²) in [6.45, 7) is 3.75. The van der Waals surface area contributed by atoms with Crippen molar-refractivity contribution in [2.45, 2.75) is 13.8 Å². The molecule has 3 N–H and O–H groups in total. The van der Waals surface area contributed by atoms with E-state index in [1.165, 1.54) is 0 Å². The van der Waals surface area contributed by atoms with Gasteiger partial charge in [0.1, 0.15) is 11.6 Å². The maximum Gasteiger partial charge on any atom is 0.230 e. The Morgan fingerprint density at radius 1 is 1.17 bits per heavy atom. The molecule has 0 fully saturated rings.